The van der Waals surface area contributed by atoms with E-state index in [0.717, 1.165) is 12.6 Å². The zero-order valence-corrected chi connectivity index (χ0v) is 33.8. The second-order valence-corrected chi connectivity index (χ2v) is 16.2. The molecule has 2 unspecified atom stereocenters. The van der Waals surface area contributed by atoms with Crippen LogP contribution in [-0.2, 0) is 6.42 Å². The summed E-state index contributed by atoms with van der Waals surface area (Å²) < 4.78 is 0. The molecule has 1 aliphatic rings. The number of rotatable bonds is 38. The van der Waals surface area contributed by atoms with Crippen LogP contribution in [0.15, 0.2) is 40.3 Å². The lowest BCUT2D eigenvalue weighted by atomic mass is 9.78. The van der Waals surface area contributed by atoms with Gasteiger partial charge in [-0.05, 0) is 30.7 Å². The maximum Gasteiger partial charge on any atom is 0.244 e. The first-order valence-electron chi connectivity index (χ1n) is 22.8. The normalized spacial score (nSPS) is 13.8. The second kappa shape index (κ2) is 34.5. The van der Waals surface area contributed by atoms with Crippen LogP contribution in [0.2, 0.25) is 0 Å². The number of aliphatic imine (C=N–C) groups is 2. The Hall–Kier alpha value is -1.57. The van der Waals surface area contributed by atoms with Crippen LogP contribution >= 0.6 is 0 Å². The molecule has 286 valence electrons. The van der Waals surface area contributed by atoms with Crippen molar-refractivity contribution in [1.82, 2.24) is 0 Å². The Morgan fingerprint density at radius 1 is 0.400 bits per heavy atom. The lowest BCUT2D eigenvalue weighted by Crippen LogP contribution is -2.22. The largest absolute Gasteiger partial charge is 0.244 e. The molecule has 0 bridgehead atoms. The van der Waals surface area contributed by atoms with E-state index in [1.54, 1.807) is 0 Å². The average molecular weight is 690 g/mol. The minimum Gasteiger partial charge on any atom is -0.0965 e. The standard InChI is InChI=1S/C48H85N2/c1-3-5-7-9-11-13-15-17-19-21-23-25-27-29-31-36-40-46(44-45-38-34-33-35-39-45)47(48-49-42-43-50-48)41-37-32-30-28-26-24-22-20-18-16-14-12-10-8-6-4-2/h33-35,38-39,42-43,46-47H,3-32,36-37,40-41,44H2,1-2H3/q+1. The summed E-state index contributed by atoms with van der Waals surface area (Å²) in [4.78, 5) is 9.57. The van der Waals surface area contributed by atoms with E-state index < -0.39 is 0 Å². The van der Waals surface area contributed by atoms with Gasteiger partial charge in [-0.3, -0.25) is 0 Å². The zero-order chi connectivity index (χ0) is 35.4. The topological polar surface area (TPSA) is 24.7 Å². The van der Waals surface area contributed by atoms with E-state index in [1.807, 2.05) is 12.4 Å². The predicted molar refractivity (Wildman–Crippen MR) is 226 cm³/mol. The van der Waals surface area contributed by atoms with Gasteiger partial charge in [-0.15, -0.1) is 0 Å². The monoisotopic (exact) mass is 690 g/mol. The maximum atomic E-state index is 4.78. The molecule has 1 aromatic rings. The summed E-state index contributed by atoms with van der Waals surface area (Å²) in [7, 11) is 0. The SMILES string of the molecule is CCCCCCCCCCCCCCCCCCC(Cc1ccccc1)C(CCCCCCCCCCCCCCCCCC)[C+]1N=CC=N1. The number of nitrogens with zero attached hydrogens (tertiary/aromatic N) is 2. The summed E-state index contributed by atoms with van der Waals surface area (Å²) >= 11 is 0. The smallest absolute Gasteiger partial charge is 0.0965 e. The lowest BCUT2D eigenvalue weighted by molar-refractivity contribution is 0.284. The third-order valence-electron chi connectivity index (χ3n) is 11.5. The quantitative estimate of drug-likeness (QED) is 0.0488. The third kappa shape index (κ3) is 25.4. The molecule has 0 saturated carbocycles. The first-order valence-corrected chi connectivity index (χ1v) is 22.8. The molecule has 0 saturated heterocycles. The van der Waals surface area contributed by atoms with Gasteiger partial charge in [0.15, 0.2) is 12.4 Å². The van der Waals surface area contributed by atoms with Crippen LogP contribution < -0.4 is 0 Å². The summed E-state index contributed by atoms with van der Waals surface area (Å²) in [6.45, 7) is 4.62. The van der Waals surface area contributed by atoms with Gasteiger partial charge in [0.05, 0.1) is 5.92 Å². The molecule has 0 aromatic heterocycles. The summed E-state index contributed by atoms with van der Waals surface area (Å²) in [5.74, 6) is 1.14. The van der Waals surface area contributed by atoms with Gasteiger partial charge in [0.1, 0.15) is 0 Å². The molecule has 50 heavy (non-hydrogen) atoms. The van der Waals surface area contributed by atoms with Crippen molar-refractivity contribution in [2.24, 2.45) is 21.8 Å². The van der Waals surface area contributed by atoms with Crippen molar-refractivity contribution >= 4 is 12.4 Å². The van der Waals surface area contributed by atoms with E-state index in [0.29, 0.717) is 11.8 Å². The van der Waals surface area contributed by atoms with Gasteiger partial charge in [0.25, 0.3) is 0 Å². The van der Waals surface area contributed by atoms with Crippen molar-refractivity contribution in [2.75, 3.05) is 0 Å². The molecular weight excluding hydrogens is 605 g/mol. The molecule has 1 aliphatic heterocycles. The highest BCUT2D eigenvalue weighted by Crippen LogP contribution is 2.37. The Morgan fingerprint density at radius 3 is 1.08 bits per heavy atom. The number of hydrogen-bond acceptors (Lipinski definition) is 2. The number of hydrogen-bond donors (Lipinski definition) is 0. The molecule has 2 atom stereocenters. The Bertz CT molecular complexity index is 863. The summed E-state index contributed by atoms with van der Waals surface area (Å²) in [6, 6.07) is 11.2. The Kier molecular flexibility index (Phi) is 30.8. The molecule has 1 aromatic carbocycles. The lowest BCUT2D eigenvalue weighted by Gasteiger charge is -2.26. The van der Waals surface area contributed by atoms with Crippen molar-refractivity contribution in [3.63, 3.8) is 0 Å². The van der Waals surface area contributed by atoms with Crippen molar-refractivity contribution in [1.29, 1.82) is 0 Å². The first kappa shape index (κ1) is 44.6. The fourth-order valence-electron chi connectivity index (χ4n) is 8.25. The van der Waals surface area contributed by atoms with Gasteiger partial charge in [-0.1, -0.05) is 260 Å². The van der Waals surface area contributed by atoms with Gasteiger partial charge in [-0.25, -0.2) is 0 Å². The highest BCUT2D eigenvalue weighted by molar-refractivity contribution is 6.18. The second-order valence-electron chi connectivity index (χ2n) is 16.2. The minimum absolute atomic E-state index is 0.494. The van der Waals surface area contributed by atoms with Crippen LogP contribution in [0.3, 0.4) is 0 Å². The fraction of sp³-hybridized carbons (Fsp3) is 0.812. The highest BCUT2D eigenvalue weighted by Gasteiger charge is 2.35. The Labute approximate surface area is 314 Å². The number of unbranched alkanes of at least 4 members (excludes halogenated alkanes) is 30. The molecule has 0 amide bonds. The highest BCUT2D eigenvalue weighted by atomic mass is 15.0. The number of benzene rings is 1. The van der Waals surface area contributed by atoms with Crippen LogP contribution in [-0.4, -0.2) is 12.4 Å². The summed E-state index contributed by atoms with van der Waals surface area (Å²) in [5, 5.41) is 0. The van der Waals surface area contributed by atoms with E-state index >= 15 is 0 Å². The van der Waals surface area contributed by atoms with Crippen molar-refractivity contribution in [2.45, 2.75) is 239 Å². The van der Waals surface area contributed by atoms with Crippen LogP contribution in [0.5, 0.6) is 0 Å². The van der Waals surface area contributed by atoms with Crippen LogP contribution in [0, 0.1) is 18.0 Å². The first-order chi connectivity index (χ1) is 24.8. The Balaban J connectivity index is 1.59. The van der Waals surface area contributed by atoms with E-state index in [1.165, 1.54) is 224 Å². The molecule has 0 aliphatic carbocycles. The van der Waals surface area contributed by atoms with Crippen LogP contribution in [0.25, 0.3) is 0 Å². The predicted octanol–water partition coefficient (Wildman–Crippen LogP) is 16.4. The average Bonchev–Trinajstić information content (AvgIpc) is 3.68. The zero-order valence-electron chi connectivity index (χ0n) is 33.8. The van der Waals surface area contributed by atoms with Gasteiger partial charge in [-0.2, -0.15) is 0 Å². The van der Waals surface area contributed by atoms with Crippen molar-refractivity contribution in [3.05, 3.63) is 42.1 Å². The van der Waals surface area contributed by atoms with E-state index in [9.17, 15) is 0 Å². The van der Waals surface area contributed by atoms with E-state index in [4.69, 9.17) is 9.98 Å². The molecule has 2 nitrogen and oxygen atoms in total. The van der Waals surface area contributed by atoms with Crippen LogP contribution in [0.4, 0.5) is 0 Å². The van der Waals surface area contributed by atoms with Gasteiger partial charge < -0.3 is 0 Å². The third-order valence-corrected chi connectivity index (χ3v) is 11.5. The molecule has 0 spiro atoms. The van der Waals surface area contributed by atoms with Crippen molar-refractivity contribution < 1.29 is 0 Å². The van der Waals surface area contributed by atoms with E-state index in [-0.39, 0.29) is 0 Å². The fourth-order valence-corrected chi connectivity index (χ4v) is 8.25. The molecule has 2 heteroatoms. The maximum absolute atomic E-state index is 4.78. The molecule has 2 rings (SSSR count). The minimum atomic E-state index is 0.494. The molecule has 0 N–H and O–H groups in total. The van der Waals surface area contributed by atoms with Gasteiger partial charge in [0, 0.05) is 0 Å². The summed E-state index contributed by atoms with van der Waals surface area (Å²) in [6.07, 6.45) is 54.5. The van der Waals surface area contributed by atoms with Gasteiger partial charge in [0.2, 0.25) is 6.17 Å². The van der Waals surface area contributed by atoms with Crippen molar-refractivity contribution in [3.8, 4) is 0 Å². The molecular formula is C48H85N2+. The van der Waals surface area contributed by atoms with Gasteiger partial charge >= 0.3 is 0 Å². The molecule has 1 heterocycles. The molecule has 0 fully saturated rings. The van der Waals surface area contributed by atoms with Crippen LogP contribution in [0.1, 0.15) is 238 Å². The molecule has 0 radical (unpaired) electrons. The van der Waals surface area contributed by atoms with E-state index in [2.05, 4.69) is 44.2 Å². The Morgan fingerprint density at radius 2 is 0.720 bits per heavy atom. The summed E-state index contributed by atoms with van der Waals surface area (Å²) in [5.41, 5.74) is 1.48.